The van der Waals surface area contributed by atoms with Crippen LogP contribution in [-0.4, -0.2) is 24.7 Å². The minimum atomic E-state index is 0.0123. The molecule has 5 rings (SSSR count). The molecule has 3 aromatic rings. The summed E-state index contributed by atoms with van der Waals surface area (Å²) in [7, 11) is 0. The molecule has 1 fully saturated rings. The minimum Gasteiger partial charge on any atom is -0.309 e. The van der Waals surface area contributed by atoms with Gasteiger partial charge in [0, 0.05) is 17.3 Å². The van der Waals surface area contributed by atoms with Crippen LogP contribution in [0.25, 0.3) is 10.2 Å². The SMILES string of the molecule is CCn1c(SCc2nc3sc4c(c3c(=O)[nH]2)CC[C@H](C)C4)nnc1C1CC1. The number of hydrogen-bond donors (Lipinski definition) is 1. The number of aryl methyl sites for hydroxylation is 1. The molecule has 0 amide bonds. The second-order valence-corrected chi connectivity index (χ2v) is 9.72. The van der Waals surface area contributed by atoms with Crippen molar-refractivity contribution in [2.45, 2.75) is 69.3 Å². The van der Waals surface area contributed by atoms with Crippen LogP contribution in [0.15, 0.2) is 9.95 Å². The van der Waals surface area contributed by atoms with E-state index in [0.29, 0.717) is 17.6 Å². The van der Waals surface area contributed by atoms with Crippen LogP contribution in [0.1, 0.15) is 61.1 Å². The van der Waals surface area contributed by atoms with Crippen molar-refractivity contribution in [3.05, 3.63) is 32.4 Å². The Hall–Kier alpha value is -1.67. The van der Waals surface area contributed by atoms with E-state index in [2.05, 4.69) is 33.6 Å². The van der Waals surface area contributed by atoms with E-state index >= 15 is 0 Å². The third-order valence-corrected chi connectivity index (χ3v) is 7.68. The number of thiophene rings is 1. The first kappa shape index (κ1) is 17.4. The molecule has 2 aliphatic rings. The lowest BCUT2D eigenvalue weighted by Gasteiger charge is -2.17. The Morgan fingerprint density at radius 1 is 1.30 bits per heavy atom. The Labute approximate surface area is 165 Å². The molecule has 3 aromatic heterocycles. The number of nitrogens with one attached hydrogen (secondary N) is 1. The van der Waals surface area contributed by atoms with E-state index in [-0.39, 0.29) is 5.56 Å². The Morgan fingerprint density at radius 2 is 2.15 bits per heavy atom. The van der Waals surface area contributed by atoms with Crippen molar-refractivity contribution in [2.75, 3.05) is 0 Å². The van der Waals surface area contributed by atoms with Crippen LogP contribution in [-0.2, 0) is 25.1 Å². The predicted molar refractivity (Wildman–Crippen MR) is 109 cm³/mol. The zero-order chi connectivity index (χ0) is 18.5. The zero-order valence-corrected chi connectivity index (χ0v) is 17.3. The summed E-state index contributed by atoms with van der Waals surface area (Å²) in [5.74, 6) is 3.72. The fourth-order valence-corrected chi connectivity index (χ4v) is 6.22. The molecule has 0 unspecified atom stereocenters. The van der Waals surface area contributed by atoms with Gasteiger partial charge in [0.05, 0.1) is 11.1 Å². The molecule has 27 heavy (non-hydrogen) atoms. The minimum absolute atomic E-state index is 0.0123. The maximum absolute atomic E-state index is 12.7. The summed E-state index contributed by atoms with van der Waals surface area (Å²) in [5, 5.41) is 10.5. The maximum Gasteiger partial charge on any atom is 0.259 e. The van der Waals surface area contributed by atoms with Crippen molar-refractivity contribution in [3.8, 4) is 0 Å². The summed E-state index contributed by atoms with van der Waals surface area (Å²) in [6, 6.07) is 0. The van der Waals surface area contributed by atoms with Gasteiger partial charge in [-0.1, -0.05) is 18.7 Å². The summed E-state index contributed by atoms with van der Waals surface area (Å²) < 4.78 is 2.20. The number of nitrogens with zero attached hydrogens (tertiary/aromatic N) is 4. The summed E-state index contributed by atoms with van der Waals surface area (Å²) in [4.78, 5) is 22.7. The number of aromatic amines is 1. The molecule has 6 nitrogen and oxygen atoms in total. The molecule has 0 radical (unpaired) electrons. The molecular formula is C19H23N5OS2. The van der Waals surface area contributed by atoms with Gasteiger partial charge in [-0.2, -0.15) is 0 Å². The van der Waals surface area contributed by atoms with Crippen LogP contribution in [0.2, 0.25) is 0 Å². The largest absolute Gasteiger partial charge is 0.309 e. The summed E-state index contributed by atoms with van der Waals surface area (Å²) in [6.45, 7) is 5.29. The Kier molecular flexibility index (Phi) is 4.35. The number of thioether (sulfide) groups is 1. The maximum atomic E-state index is 12.7. The molecule has 3 heterocycles. The van der Waals surface area contributed by atoms with Gasteiger partial charge in [0.1, 0.15) is 16.5 Å². The molecule has 0 saturated heterocycles. The molecule has 0 aromatic carbocycles. The number of hydrogen-bond acceptors (Lipinski definition) is 6. The topological polar surface area (TPSA) is 76.5 Å². The van der Waals surface area contributed by atoms with Gasteiger partial charge in [-0.25, -0.2) is 4.98 Å². The Bertz CT molecular complexity index is 1060. The van der Waals surface area contributed by atoms with Gasteiger partial charge in [0.15, 0.2) is 5.16 Å². The number of fused-ring (bicyclic) bond motifs is 3. The average molecular weight is 402 g/mol. The van der Waals surface area contributed by atoms with E-state index in [1.54, 1.807) is 23.1 Å². The van der Waals surface area contributed by atoms with E-state index in [9.17, 15) is 4.79 Å². The standard InChI is InChI=1S/C19H23N5OS2/c1-3-24-16(11-5-6-11)22-23-19(24)26-9-14-20-17(25)15-12-7-4-10(2)8-13(12)27-18(15)21-14/h10-11H,3-9H2,1-2H3,(H,20,21,25)/t10-/m0/s1. The van der Waals surface area contributed by atoms with Crippen molar-refractivity contribution in [1.29, 1.82) is 0 Å². The number of aromatic nitrogens is 5. The lowest BCUT2D eigenvalue weighted by Crippen LogP contribution is -2.14. The number of rotatable bonds is 5. The molecule has 1 saturated carbocycles. The quantitative estimate of drug-likeness (QED) is 0.656. The van der Waals surface area contributed by atoms with E-state index < -0.39 is 0 Å². The second-order valence-electron chi connectivity index (χ2n) is 7.69. The molecule has 0 aliphatic heterocycles. The fourth-order valence-electron chi connectivity index (χ4n) is 3.94. The highest BCUT2D eigenvalue weighted by Crippen LogP contribution is 2.40. The lowest BCUT2D eigenvalue weighted by atomic mass is 9.89. The number of H-pyrrole nitrogens is 1. The fraction of sp³-hybridized carbons (Fsp3) is 0.579. The molecule has 142 valence electrons. The first-order valence-corrected chi connectivity index (χ1v) is 11.5. The lowest BCUT2D eigenvalue weighted by molar-refractivity contribution is 0.509. The summed E-state index contributed by atoms with van der Waals surface area (Å²) >= 11 is 3.31. The van der Waals surface area contributed by atoms with Gasteiger partial charge in [0.2, 0.25) is 0 Å². The summed E-state index contributed by atoms with van der Waals surface area (Å²) in [6.07, 6.45) is 5.67. The van der Waals surface area contributed by atoms with Crippen LogP contribution in [0.5, 0.6) is 0 Å². The highest BCUT2D eigenvalue weighted by molar-refractivity contribution is 7.98. The first-order valence-electron chi connectivity index (χ1n) is 9.73. The van der Waals surface area contributed by atoms with Crippen LogP contribution in [0, 0.1) is 5.92 Å². The zero-order valence-electron chi connectivity index (χ0n) is 15.6. The van der Waals surface area contributed by atoms with Gasteiger partial charge in [-0.3, -0.25) is 4.79 Å². The predicted octanol–water partition coefficient (Wildman–Crippen LogP) is 3.89. The van der Waals surface area contributed by atoms with Gasteiger partial charge in [-0.05, 0) is 50.5 Å². The highest BCUT2D eigenvalue weighted by Gasteiger charge is 2.30. The molecular weight excluding hydrogens is 378 g/mol. The molecule has 2 aliphatic carbocycles. The van der Waals surface area contributed by atoms with Gasteiger partial charge < -0.3 is 9.55 Å². The van der Waals surface area contributed by atoms with Crippen LogP contribution >= 0.6 is 23.1 Å². The van der Waals surface area contributed by atoms with Crippen LogP contribution < -0.4 is 5.56 Å². The van der Waals surface area contributed by atoms with E-state index in [4.69, 9.17) is 4.98 Å². The van der Waals surface area contributed by atoms with E-state index in [0.717, 1.165) is 52.8 Å². The van der Waals surface area contributed by atoms with Crippen molar-refractivity contribution in [3.63, 3.8) is 0 Å². The molecule has 0 bridgehead atoms. The van der Waals surface area contributed by atoms with E-state index in [1.165, 1.54) is 23.3 Å². The van der Waals surface area contributed by atoms with Gasteiger partial charge in [-0.15, -0.1) is 21.5 Å². The van der Waals surface area contributed by atoms with E-state index in [1.807, 2.05) is 0 Å². The molecule has 8 heteroatoms. The second kappa shape index (κ2) is 6.74. The molecule has 1 atom stereocenters. The smallest absolute Gasteiger partial charge is 0.259 e. The van der Waals surface area contributed by atoms with Crippen molar-refractivity contribution in [1.82, 2.24) is 24.7 Å². The molecule has 1 N–H and O–H groups in total. The first-order chi connectivity index (χ1) is 13.1. The Balaban J connectivity index is 1.42. The normalized spacial score (nSPS) is 19.6. The third kappa shape index (κ3) is 3.12. The average Bonchev–Trinajstić information content (AvgIpc) is 3.30. The van der Waals surface area contributed by atoms with Gasteiger partial charge in [0.25, 0.3) is 5.56 Å². The van der Waals surface area contributed by atoms with Crippen molar-refractivity contribution >= 4 is 33.3 Å². The third-order valence-electron chi connectivity index (χ3n) is 5.56. The Morgan fingerprint density at radius 3 is 2.93 bits per heavy atom. The van der Waals surface area contributed by atoms with Crippen molar-refractivity contribution in [2.24, 2.45) is 5.92 Å². The monoisotopic (exact) mass is 401 g/mol. The highest BCUT2D eigenvalue weighted by atomic mass is 32.2. The van der Waals surface area contributed by atoms with Crippen LogP contribution in [0.3, 0.4) is 0 Å². The summed E-state index contributed by atoms with van der Waals surface area (Å²) in [5.41, 5.74) is 1.25. The van der Waals surface area contributed by atoms with Gasteiger partial charge >= 0.3 is 0 Å². The van der Waals surface area contributed by atoms with Crippen LogP contribution in [0.4, 0.5) is 0 Å². The molecule has 0 spiro atoms. The van der Waals surface area contributed by atoms with Crippen molar-refractivity contribution < 1.29 is 0 Å².